The van der Waals surface area contributed by atoms with E-state index < -0.39 is 17.5 Å². The molecule has 1 heterocycles. The normalized spacial score (nSPS) is 24.2. The Balaban J connectivity index is 1.55. The van der Waals surface area contributed by atoms with Crippen LogP contribution in [0.3, 0.4) is 0 Å². The van der Waals surface area contributed by atoms with Crippen molar-refractivity contribution in [3.8, 4) is 0 Å². The molecule has 2 aliphatic rings. The number of benzene rings is 1. The highest BCUT2D eigenvalue weighted by atomic mass is 19.2. The van der Waals surface area contributed by atoms with Crippen LogP contribution in [0.4, 0.5) is 18.0 Å². The highest BCUT2D eigenvalue weighted by Gasteiger charge is 2.39. The third-order valence-corrected chi connectivity index (χ3v) is 4.78. The van der Waals surface area contributed by atoms with Crippen molar-refractivity contribution in [2.24, 2.45) is 0 Å². The summed E-state index contributed by atoms with van der Waals surface area (Å²) < 4.78 is 39.5. The number of rotatable bonds is 4. The number of carbonyl (C=O) groups is 1. The number of halogens is 3. The Bertz CT molecular complexity index is 613. The molecule has 24 heavy (non-hydrogen) atoms. The molecule has 7 heteroatoms. The van der Waals surface area contributed by atoms with Crippen molar-refractivity contribution in [1.29, 1.82) is 0 Å². The quantitative estimate of drug-likeness (QED) is 0.855. The monoisotopic (exact) mass is 341 g/mol. The Labute approximate surface area is 139 Å². The third kappa shape index (κ3) is 3.66. The molecule has 2 fully saturated rings. The molecular weight excluding hydrogens is 319 g/mol. The number of urea groups is 1. The molecule has 4 nitrogen and oxygen atoms in total. The smallest absolute Gasteiger partial charge is 0.317 e. The van der Waals surface area contributed by atoms with Crippen LogP contribution >= 0.6 is 0 Å². The average molecular weight is 341 g/mol. The summed E-state index contributed by atoms with van der Waals surface area (Å²) >= 11 is 0. The highest BCUT2D eigenvalue weighted by Crippen LogP contribution is 2.33. The Morgan fingerprint density at radius 2 is 1.92 bits per heavy atom. The minimum absolute atomic E-state index is 0.00850. The van der Waals surface area contributed by atoms with E-state index >= 15 is 0 Å². The first-order valence-corrected chi connectivity index (χ1v) is 8.26. The van der Waals surface area contributed by atoms with Crippen LogP contribution in [0.15, 0.2) is 12.1 Å². The van der Waals surface area contributed by atoms with Crippen molar-refractivity contribution in [3.63, 3.8) is 0 Å². The number of carbonyl (C=O) groups excluding carboxylic acids is 1. The molecule has 2 amide bonds. The lowest BCUT2D eigenvalue weighted by Crippen LogP contribution is -2.44. The van der Waals surface area contributed by atoms with E-state index in [1.54, 1.807) is 7.05 Å². The molecule has 1 saturated carbocycles. The van der Waals surface area contributed by atoms with Gasteiger partial charge in [0.15, 0.2) is 17.5 Å². The van der Waals surface area contributed by atoms with Crippen molar-refractivity contribution in [1.82, 2.24) is 15.1 Å². The van der Waals surface area contributed by atoms with Gasteiger partial charge in [-0.2, -0.15) is 0 Å². The number of amides is 2. The molecule has 1 aromatic carbocycles. The summed E-state index contributed by atoms with van der Waals surface area (Å²) in [6, 6.07) is 2.72. The predicted octanol–water partition coefficient (Wildman–Crippen LogP) is 2.87. The Kier molecular flexibility index (Phi) is 4.71. The van der Waals surface area contributed by atoms with Crippen LogP contribution in [0.25, 0.3) is 0 Å². The van der Waals surface area contributed by atoms with E-state index in [-0.39, 0.29) is 24.2 Å². The maximum absolute atomic E-state index is 13.2. The third-order valence-electron chi connectivity index (χ3n) is 4.78. The zero-order chi connectivity index (χ0) is 17.4. The summed E-state index contributed by atoms with van der Waals surface area (Å²) in [4.78, 5) is 16.0. The zero-order valence-corrected chi connectivity index (χ0v) is 13.9. The second kappa shape index (κ2) is 6.63. The van der Waals surface area contributed by atoms with Crippen LogP contribution in [-0.2, 0) is 6.54 Å². The number of likely N-dealkylation sites (tertiary alicyclic amines) is 1. The maximum Gasteiger partial charge on any atom is 0.317 e. The van der Waals surface area contributed by atoms with Gasteiger partial charge in [0.2, 0.25) is 0 Å². The standard InChI is InChI=1S/C17H22F3N3O/c1-10-5-12(9-23(10)13-3-4-13)21-17(24)22(2)8-11-6-14(18)16(20)15(19)7-11/h6-7,10,12-13H,3-5,8-9H2,1-2H3,(H,21,24). The molecule has 1 N–H and O–H groups in total. The van der Waals surface area contributed by atoms with Crippen LogP contribution in [-0.4, -0.2) is 47.5 Å². The van der Waals surface area contributed by atoms with Crippen LogP contribution in [0.5, 0.6) is 0 Å². The van der Waals surface area contributed by atoms with Gasteiger partial charge in [-0.25, -0.2) is 18.0 Å². The Morgan fingerprint density at radius 1 is 1.29 bits per heavy atom. The van der Waals surface area contributed by atoms with E-state index in [1.807, 2.05) is 0 Å². The maximum atomic E-state index is 13.2. The van der Waals surface area contributed by atoms with E-state index in [0.29, 0.717) is 12.1 Å². The molecule has 2 atom stereocenters. The van der Waals surface area contributed by atoms with E-state index in [0.717, 1.165) is 25.1 Å². The van der Waals surface area contributed by atoms with Gasteiger partial charge >= 0.3 is 6.03 Å². The van der Waals surface area contributed by atoms with Gasteiger partial charge in [-0.05, 0) is 43.9 Å². The zero-order valence-electron chi connectivity index (χ0n) is 13.9. The molecule has 0 spiro atoms. The second-order valence-corrected chi connectivity index (χ2v) is 6.89. The molecule has 1 aromatic rings. The van der Waals surface area contributed by atoms with Gasteiger partial charge in [0.05, 0.1) is 0 Å². The summed E-state index contributed by atoms with van der Waals surface area (Å²) in [6.45, 7) is 3.01. The van der Waals surface area contributed by atoms with E-state index in [4.69, 9.17) is 0 Å². The fourth-order valence-electron chi connectivity index (χ4n) is 3.41. The largest absolute Gasteiger partial charge is 0.334 e. The molecule has 3 rings (SSSR count). The van der Waals surface area contributed by atoms with E-state index in [9.17, 15) is 18.0 Å². The average Bonchev–Trinajstić information content (AvgIpc) is 3.28. The molecule has 132 valence electrons. The first kappa shape index (κ1) is 17.1. The lowest BCUT2D eigenvalue weighted by atomic mass is 10.2. The van der Waals surface area contributed by atoms with E-state index in [2.05, 4.69) is 17.1 Å². The molecular formula is C17H22F3N3O. The van der Waals surface area contributed by atoms with Gasteiger partial charge in [-0.3, -0.25) is 4.90 Å². The summed E-state index contributed by atoms with van der Waals surface area (Å²) in [5.41, 5.74) is 0.212. The summed E-state index contributed by atoms with van der Waals surface area (Å²) in [6.07, 6.45) is 3.36. The fraction of sp³-hybridized carbons (Fsp3) is 0.588. The lowest BCUT2D eigenvalue weighted by molar-refractivity contribution is 0.201. The van der Waals surface area contributed by atoms with Gasteiger partial charge in [0.25, 0.3) is 0 Å². The number of nitrogens with one attached hydrogen (secondary N) is 1. The topological polar surface area (TPSA) is 35.6 Å². The van der Waals surface area contributed by atoms with Crippen LogP contribution < -0.4 is 5.32 Å². The Hall–Kier alpha value is -1.76. The number of hydrogen-bond donors (Lipinski definition) is 1. The molecule has 1 aliphatic carbocycles. The minimum Gasteiger partial charge on any atom is -0.334 e. The molecule has 0 radical (unpaired) electrons. The molecule has 2 unspecified atom stereocenters. The van der Waals surface area contributed by atoms with Crippen molar-refractivity contribution in [2.75, 3.05) is 13.6 Å². The first-order chi connectivity index (χ1) is 11.3. The predicted molar refractivity (Wildman–Crippen MR) is 83.9 cm³/mol. The van der Waals surface area contributed by atoms with Crippen molar-refractivity contribution < 1.29 is 18.0 Å². The van der Waals surface area contributed by atoms with Crippen LogP contribution in [0.1, 0.15) is 31.7 Å². The van der Waals surface area contributed by atoms with Crippen molar-refractivity contribution in [2.45, 2.75) is 50.9 Å². The number of nitrogens with zero attached hydrogens (tertiary/aromatic N) is 2. The summed E-state index contributed by atoms with van der Waals surface area (Å²) in [7, 11) is 1.55. The van der Waals surface area contributed by atoms with Gasteiger partial charge < -0.3 is 10.2 Å². The highest BCUT2D eigenvalue weighted by molar-refractivity contribution is 5.74. The second-order valence-electron chi connectivity index (χ2n) is 6.89. The van der Waals surface area contributed by atoms with Gasteiger partial charge in [0, 0.05) is 38.3 Å². The Morgan fingerprint density at radius 3 is 2.50 bits per heavy atom. The van der Waals surface area contributed by atoms with Crippen LogP contribution in [0, 0.1) is 17.5 Å². The summed E-state index contributed by atoms with van der Waals surface area (Å²) in [5.74, 6) is -3.99. The van der Waals surface area contributed by atoms with E-state index in [1.165, 1.54) is 17.7 Å². The van der Waals surface area contributed by atoms with Gasteiger partial charge in [-0.1, -0.05) is 0 Å². The van der Waals surface area contributed by atoms with Gasteiger partial charge in [-0.15, -0.1) is 0 Å². The van der Waals surface area contributed by atoms with Crippen molar-refractivity contribution >= 4 is 6.03 Å². The number of hydrogen-bond acceptors (Lipinski definition) is 2. The van der Waals surface area contributed by atoms with Crippen LogP contribution in [0.2, 0.25) is 0 Å². The molecule has 1 saturated heterocycles. The fourth-order valence-corrected chi connectivity index (χ4v) is 3.41. The SMILES string of the molecule is CC1CC(NC(=O)N(C)Cc2cc(F)c(F)c(F)c2)CN1C1CC1. The first-order valence-electron chi connectivity index (χ1n) is 8.26. The van der Waals surface area contributed by atoms with Gasteiger partial charge in [0.1, 0.15) is 0 Å². The summed E-state index contributed by atoms with van der Waals surface area (Å²) in [5, 5.41) is 2.97. The lowest BCUT2D eigenvalue weighted by Gasteiger charge is -2.22. The molecule has 0 bridgehead atoms. The minimum atomic E-state index is -1.49. The molecule has 0 aromatic heterocycles. The molecule has 1 aliphatic heterocycles. The van der Waals surface area contributed by atoms with Crippen molar-refractivity contribution in [3.05, 3.63) is 35.1 Å².